The molecule has 0 radical (unpaired) electrons. The second-order valence-corrected chi connectivity index (χ2v) is 2.73. The van der Waals surface area contributed by atoms with E-state index in [0.29, 0.717) is 16.4 Å². The van der Waals surface area contributed by atoms with Crippen molar-refractivity contribution in [3.8, 4) is 11.5 Å². The Labute approximate surface area is 61.2 Å². The quantitative estimate of drug-likeness (QED) is 0.575. The Morgan fingerprint density at radius 2 is 2.50 bits per heavy atom. The summed E-state index contributed by atoms with van der Waals surface area (Å²) in [6, 6.07) is 0. The lowest BCUT2D eigenvalue weighted by Crippen LogP contribution is -1.94. The summed E-state index contributed by atoms with van der Waals surface area (Å²) in [6.45, 7) is 0.235. The van der Waals surface area contributed by atoms with E-state index in [4.69, 9.17) is 9.47 Å². The monoisotopic (exact) mass is 156 g/mol. The van der Waals surface area contributed by atoms with Crippen molar-refractivity contribution >= 4 is 17.6 Å². The number of fused-ring (bicyclic) bond motifs is 1. The van der Waals surface area contributed by atoms with E-state index in [1.165, 1.54) is 11.3 Å². The molecule has 2 rings (SSSR count). The van der Waals surface area contributed by atoms with Crippen LogP contribution in [0.1, 0.15) is 9.67 Å². The van der Waals surface area contributed by atoms with Crippen LogP contribution in [-0.2, 0) is 0 Å². The Hall–Kier alpha value is -1.03. The van der Waals surface area contributed by atoms with Gasteiger partial charge in [0.1, 0.15) is 4.88 Å². The number of hydrogen-bond donors (Lipinski definition) is 0. The molecule has 1 aromatic rings. The molecule has 0 amide bonds. The number of carbonyl (C=O) groups is 1. The van der Waals surface area contributed by atoms with Crippen LogP contribution in [-0.4, -0.2) is 13.1 Å². The highest BCUT2D eigenvalue weighted by molar-refractivity contribution is 7.12. The first-order valence-corrected chi connectivity index (χ1v) is 3.62. The van der Waals surface area contributed by atoms with Crippen LogP contribution in [0.5, 0.6) is 11.5 Å². The second kappa shape index (κ2) is 1.98. The number of aldehydes is 1. The zero-order valence-corrected chi connectivity index (χ0v) is 5.81. The molecular formula is C6H4O3S. The largest absolute Gasteiger partial charge is 0.453 e. The van der Waals surface area contributed by atoms with Crippen molar-refractivity contribution in [2.75, 3.05) is 6.79 Å². The summed E-state index contributed by atoms with van der Waals surface area (Å²) in [4.78, 5) is 10.9. The number of thiophene rings is 1. The Morgan fingerprint density at radius 1 is 1.60 bits per heavy atom. The fourth-order valence-electron chi connectivity index (χ4n) is 0.820. The van der Waals surface area contributed by atoms with Gasteiger partial charge in [-0.05, 0) is 0 Å². The van der Waals surface area contributed by atoms with Gasteiger partial charge in [-0.25, -0.2) is 0 Å². The highest BCUT2D eigenvalue weighted by Gasteiger charge is 2.19. The van der Waals surface area contributed by atoms with Crippen LogP contribution < -0.4 is 9.47 Å². The van der Waals surface area contributed by atoms with Crippen molar-refractivity contribution in [1.29, 1.82) is 0 Å². The zero-order valence-electron chi connectivity index (χ0n) is 4.99. The lowest BCUT2D eigenvalue weighted by Gasteiger charge is -1.89. The van der Waals surface area contributed by atoms with Crippen LogP contribution in [0.3, 0.4) is 0 Å². The second-order valence-electron chi connectivity index (χ2n) is 1.82. The van der Waals surface area contributed by atoms with Gasteiger partial charge in [0.25, 0.3) is 0 Å². The summed E-state index contributed by atoms with van der Waals surface area (Å²) in [5.74, 6) is 1.28. The molecule has 0 unspecified atom stereocenters. The smallest absolute Gasteiger partial charge is 0.231 e. The summed E-state index contributed by atoms with van der Waals surface area (Å²) in [5.41, 5.74) is 0. The van der Waals surface area contributed by atoms with Crippen molar-refractivity contribution in [2.24, 2.45) is 0 Å². The summed E-state index contributed by atoms with van der Waals surface area (Å²) >= 11 is 1.33. The maximum atomic E-state index is 10.3. The van der Waals surface area contributed by atoms with Gasteiger partial charge in [0.15, 0.2) is 17.8 Å². The SMILES string of the molecule is O=Cc1scc2c1OCO2. The normalized spacial score (nSPS) is 13.6. The first-order chi connectivity index (χ1) is 4.92. The molecule has 1 aliphatic rings. The maximum absolute atomic E-state index is 10.3. The minimum absolute atomic E-state index is 0.235. The van der Waals surface area contributed by atoms with E-state index >= 15 is 0 Å². The van der Waals surface area contributed by atoms with E-state index < -0.39 is 0 Å². The third-order valence-corrected chi connectivity index (χ3v) is 2.13. The molecular weight excluding hydrogens is 152 g/mol. The van der Waals surface area contributed by atoms with Gasteiger partial charge in [0.05, 0.1) is 0 Å². The van der Waals surface area contributed by atoms with E-state index in [-0.39, 0.29) is 6.79 Å². The number of carbonyl (C=O) groups excluding carboxylic acids is 1. The van der Waals surface area contributed by atoms with Crippen molar-refractivity contribution < 1.29 is 14.3 Å². The fourth-order valence-corrected chi connectivity index (χ4v) is 1.55. The molecule has 0 bridgehead atoms. The van der Waals surface area contributed by atoms with Gasteiger partial charge < -0.3 is 9.47 Å². The van der Waals surface area contributed by atoms with E-state index in [0.717, 1.165) is 6.29 Å². The van der Waals surface area contributed by atoms with Crippen LogP contribution in [0.25, 0.3) is 0 Å². The standard InChI is InChI=1S/C6H4O3S/c7-1-5-6-4(2-10-5)8-3-9-6/h1-2H,3H2. The van der Waals surface area contributed by atoms with Gasteiger partial charge in [-0.15, -0.1) is 11.3 Å². The topological polar surface area (TPSA) is 35.5 Å². The van der Waals surface area contributed by atoms with Crippen molar-refractivity contribution in [3.63, 3.8) is 0 Å². The number of hydrogen-bond acceptors (Lipinski definition) is 4. The molecule has 0 aliphatic carbocycles. The number of rotatable bonds is 1. The first-order valence-electron chi connectivity index (χ1n) is 2.74. The van der Waals surface area contributed by atoms with E-state index in [9.17, 15) is 4.79 Å². The van der Waals surface area contributed by atoms with Crippen LogP contribution in [0, 0.1) is 0 Å². The summed E-state index contributed by atoms with van der Waals surface area (Å²) in [7, 11) is 0. The minimum atomic E-state index is 0.235. The van der Waals surface area contributed by atoms with Crippen molar-refractivity contribution in [3.05, 3.63) is 10.3 Å². The summed E-state index contributed by atoms with van der Waals surface area (Å²) in [5, 5.41) is 1.77. The molecule has 4 heteroatoms. The van der Waals surface area contributed by atoms with Crippen molar-refractivity contribution in [1.82, 2.24) is 0 Å². The molecule has 1 aromatic heterocycles. The highest BCUT2D eigenvalue weighted by Crippen LogP contribution is 2.39. The minimum Gasteiger partial charge on any atom is -0.453 e. The Bertz CT molecular complexity index is 266. The molecule has 0 saturated heterocycles. The van der Waals surface area contributed by atoms with Gasteiger partial charge in [-0.2, -0.15) is 0 Å². The third kappa shape index (κ3) is 0.623. The summed E-state index contributed by atoms with van der Waals surface area (Å²) < 4.78 is 10.0. The molecule has 1 aliphatic heterocycles. The maximum Gasteiger partial charge on any atom is 0.231 e. The van der Waals surface area contributed by atoms with Gasteiger partial charge in [0, 0.05) is 5.38 Å². The Balaban J connectivity index is 2.53. The van der Waals surface area contributed by atoms with Gasteiger partial charge in [-0.1, -0.05) is 0 Å². The van der Waals surface area contributed by atoms with Crippen LogP contribution in [0.2, 0.25) is 0 Å². The molecule has 0 saturated carbocycles. The van der Waals surface area contributed by atoms with Gasteiger partial charge >= 0.3 is 0 Å². The molecule has 0 fully saturated rings. The zero-order chi connectivity index (χ0) is 6.97. The van der Waals surface area contributed by atoms with Crippen LogP contribution in [0.4, 0.5) is 0 Å². The molecule has 0 atom stereocenters. The average Bonchev–Trinajstić information content (AvgIpc) is 2.44. The van der Waals surface area contributed by atoms with Crippen LogP contribution in [0.15, 0.2) is 5.38 Å². The fraction of sp³-hybridized carbons (Fsp3) is 0.167. The van der Waals surface area contributed by atoms with Gasteiger partial charge in [0.2, 0.25) is 6.79 Å². The molecule has 0 N–H and O–H groups in total. The lowest BCUT2D eigenvalue weighted by atomic mass is 10.4. The summed E-state index contributed by atoms with van der Waals surface area (Å²) in [6.07, 6.45) is 0.776. The predicted octanol–water partition coefficient (Wildman–Crippen LogP) is 1.29. The molecule has 2 heterocycles. The van der Waals surface area contributed by atoms with Gasteiger partial charge in [-0.3, -0.25) is 4.79 Å². The molecule has 0 aromatic carbocycles. The van der Waals surface area contributed by atoms with E-state index in [2.05, 4.69) is 0 Å². The highest BCUT2D eigenvalue weighted by atomic mass is 32.1. The molecule has 3 nitrogen and oxygen atoms in total. The predicted molar refractivity (Wildman–Crippen MR) is 35.8 cm³/mol. The third-order valence-electron chi connectivity index (χ3n) is 1.27. The van der Waals surface area contributed by atoms with E-state index in [1.807, 2.05) is 0 Å². The van der Waals surface area contributed by atoms with Crippen LogP contribution >= 0.6 is 11.3 Å². The number of ether oxygens (including phenoxy) is 2. The molecule has 52 valence electrons. The lowest BCUT2D eigenvalue weighted by molar-refractivity contribution is 0.112. The average molecular weight is 156 g/mol. The molecule has 0 spiro atoms. The van der Waals surface area contributed by atoms with E-state index in [1.54, 1.807) is 5.38 Å². The Kier molecular flexibility index (Phi) is 1.14. The molecule has 10 heavy (non-hydrogen) atoms. The first kappa shape index (κ1) is 5.73. The van der Waals surface area contributed by atoms with Crippen molar-refractivity contribution in [2.45, 2.75) is 0 Å². The Morgan fingerprint density at radius 3 is 3.30 bits per heavy atom.